The molecule has 0 bridgehead atoms. The van der Waals surface area contributed by atoms with E-state index in [1.807, 2.05) is 18.5 Å². The molecule has 1 N–H and O–H groups in total. The number of esters is 1. The van der Waals surface area contributed by atoms with Crippen LogP contribution in [-0.4, -0.2) is 36.9 Å². The molecule has 1 unspecified atom stereocenters. The van der Waals surface area contributed by atoms with E-state index in [2.05, 4.69) is 108 Å². The highest BCUT2D eigenvalue weighted by Gasteiger charge is 2.41. The summed E-state index contributed by atoms with van der Waals surface area (Å²) in [6.07, 6.45) is 4.26. The maximum atomic E-state index is 10.8. The van der Waals surface area contributed by atoms with Crippen LogP contribution in [0.4, 0.5) is 11.4 Å². The second-order valence-corrected chi connectivity index (χ2v) is 11.0. The zero-order valence-electron chi connectivity index (χ0n) is 24.8. The first-order valence-electron chi connectivity index (χ1n) is 13.8. The molecule has 0 saturated carbocycles. The van der Waals surface area contributed by atoms with Crippen LogP contribution in [0.5, 0.6) is 0 Å². The molecule has 5 nitrogen and oxygen atoms in total. The van der Waals surface area contributed by atoms with Gasteiger partial charge in [-0.15, -0.1) is 0 Å². The highest BCUT2D eigenvalue weighted by molar-refractivity contribution is 5.94. The minimum absolute atomic E-state index is 0. The molecule has 1 aliphatic rings. The first-order valence-corrected chi connectivity index (χ1v) is 13.8. The third-order valence-corrected chi connectivity index (χ3v) is 7.16. The lowest BCUT2D eigenvalue weighted by atomic mass is 10.1. The van der Waals surface area contributed by atoms with E-state index in [1.165, 1.54) is 28.1 Å². The molecular formula is C34H52N2O3+2. The van der Waals surface area contributed by atoms with Gasteiger partial charge in [-0.3, -0.25) is 9.28 Å². The monoisotopic (exact) mass is 536 g/mol. The minimum Gasteiger partial charge on any atom is -0.463 e. The fraction of sp³-hybridized carbons (Fsp3) is 0.471. The summed E-state index contributed by atoms with van der Waals surface area (Å²) in [4.78, 5) is 10.8. The van der Waals surface area contributed by atoms with Crippen molar-refractivity contribution < 1.29 is 19.2 Å². The number of pyridine rings is 1. The van der Waals surface area contributed by atoms with Crippen LogP contribution in [0.15, 0.2) is 73.1 Å². The van der Waals surface area contributed by atoms with E-state index < -0.39 is 6.10 Å². The number of hydrogen-bond acceptors (Lipinski definition) is 3. The number of ether oxygens (including phenoxy) is 1. The van der Waals surface area contributed by atoms with Crippen molar-refractivity contribution in [3.8, 4) is 11.1 Å². The number of aliphatic hydroxyl groups excluding tert-OH is 1. The number of nitrogens with zero attached hydrogens (tertiary/aromatic N) is 2. The number of hydrogen-bond donors (Lipinski definition) is 1. The Kier molecular flexibility index (Phi) is 13.6. The topological polar surface area (TPSA) is 50.4 Å². The fourth-order valence-electron chi connectivity index (χ4n) is 4.26. The molecule has 1 atom stereocenters. The van der Waals surface area contributed by atoms with Crippen LogP contribution in [0.3, 0.4) is 0 Å². The van der Waals surface area contributed by atoms with Crippen LogP contribution in [0.25, 0.3) is 11.1 Å². The van der Waals surface area contributed by atoms with Crippen molar-refractivity contribution in [2.24, 2.45) is 13.0 Å². The molecule has 1 aliphatic heterocycles. The summed E-state index contributed by atoms with van der Waals surface area (Å²) in [5.74, 6) is 0.276. The van der Waals surface area contributed by atoms with Gasteiger partial charge in [-0.1, -0.05) is 66.3 Å². The van der Waals surface area contributed by atoms with E-state index in [1.54, 1.807) is 13.8 Å². The summed E-state index contributed by atoms with van der Waals surface area (Å²) in [7, 11) is 4.35. The van der Waals surface area contributed by atoms with Crippen molar-refractivity contribution in [1.29, 1.82) is 0 Å². The number of aromatic nitrogens is 1. The van der Waals surface area contributed by atoms with E-state index in [0.29, 0.717) is 18.4 Å². The van der Waals surface area contributed by atoms with Gasteiger partial charge in [0.25, 0.3) is 0 Å². The van der Waals surface area contributed by atoms with Gasteiger partial charge in [-0.25, -0.2) is 4.57 Å². The normalized spacial score (nSPS) is 13.3. The van der Waals surface area contributed by atoms with Gasteiger partial charge in [0.1, 0.15) is 25.0 Å². The number of fused-ring (bicyclic) bond motifs is 3. The maximum absolute atomic E-state index is 10.8. The van der Waals surface area contributed by atoms with Gasteiger partial charge >= 0.3 is 5.97 Å². The average molecular weight is 537 g/mol. The Morgan fingerprint density at radius 2 is 1.33 bits per heavy atom. The molecular weight excluding hydrogens is 484 g/mol. The zero-order chi connectivity index (χ0) is 28.5. The van der Waals surface area contributed by atoms with Crippen molar-refractivity contribution in [3.63, 3.8) is 0 Å². The molecule has 4 rings (SSSR count). The largest absolute Gasteiger partial charge is 0.463 e. The number of rotatable bonds is 6. The maximum Gasteiger partial charge on any atom is 0.308 e. The predicted octanol–water partition coefficient (Wildman–Crippen LogP) is 7.57. The van der Waals surface area contributed by atoms with E-state index in [9.17, 15) is 4.79 Å². The van der Waals surface area contributed by atoms with Gasteiger partial charge in [0, 0.05) is 35.4 Å². The summed E-state index contributed by atoms with van der Waals surface area (Å²) in [5.41, 5.74) is 7.02. The fourth-order valence-corrected chi connectivity index (χ4v) is 4.26. The van der Waals surface area contributed by atoms with E-state index >= 15 is 0 Å². The molecule has 214 valence electrons. The third-order valence-electron chi connectivity index (χ3n) is 7.16. The van der Waals surface area contributed by atoms with Crippen LogP contribution >= 0.6 is 0 Å². The van der Waals surface area contributed by atoms with Crippen molar-refractivity contribution in [1.82, 2.24) is 4.48 Å². The Morgan fingerprint density at radius 3 is 1.72 bits per heavy atom. The second-order valence-electron chi connectivity index (χ2n) is 11.0. The van der Waals surface area contributed by atoms with Gasteiger partial charge in [0.15, 0.2) is 12.4 Å². The van der Waals surface area contributed by atoms with Crippen LogP contribution in [0.2, 0.25) is 0 Å². The molecule has 0 amide bonds. The molecule has 0 fully saturated rings. The minimum atomic E-state index is -0.516. The number of aryl methyl sites for hydroxylation is 1. The van der Waals surface area contributed by atoms with E-state index in [4.69, 9.17) is 9.84 Å². The lowest BCUT2D eigenvalue weighted by molar-refractivity contribution is -0.671. The van der Waals surface area contributed by atoms with Crippen LogP contribution < -0.4 is 9.05 Å². The molecule has 0 spiro atoms. The van der Waals surface area contributed by atoms with Crippen LogP contribution in [0, 0.1) is 5.92 Å². The highest BCUT2D eigenvalue weighted by atomic mass is 16.5. The van der Waals surface area contributed by atoms with Gasteiger partial charge in [0.2, 0.25) is 0 Å². The van der Waals surface area contributed by atoms with E-state index in [0.717, 1.165) is 4.48 Å². The van der Waals surface area contributed by atoms with Gasteiger partial charge < -0.3 is 9.84 Å². The molecule has 2 heterocycles. The summed E-state index contributed by atoms with van der Waals surface area (Å²) < 4.78 is 7.72. The lowest BCUT2D eigenvalue weighted by Crippen LogP contribution is -2.44. The number of quaternary nitrogens is 1. The SMILES string of the molecule is C.CC(C)[N+]1(C)c2ccccc2-c2ccccc21.CC(C)c1cc[n+](C)cc1.CCC(O)COC(=O)C(C)C. The van der Waals surface area contributed by atoms with Gasteiger partial charge in [0.05, 0.1) is 25.1 Å². The Morgan fingerprint density at radius 1 is 0.872 bits per heavy atom. The van der Waals surface area contributed by atoms with Crippen LogP contribution in [0.1, 0.15) is 73.8 Å². The second kappa shape index (κ2) is 15.5. The number of aliphatic hydroxyl groups is 1. The zero-order valence-corrected chi connectivity index (χ0v) is 24.8. The standard InChI is InChI=1S/C16H18N.C9H14N.C8H16O3.CH4/c1-12(2)17(3)15-10-6-4-8-13(15)14-9-5-7-11-16(14)17;1-8(2)9-4-6-10(3)7-5-9;1-4-7(9)5-11-8(10)6(2)3;/h4-12H,1-3H3;4-8H,1-3H3;6-7,9H,4-5H2,1-3H3;1H4/q2*+1;;. The Labute approximate surface area is 237 Å². The highest BCUT2D eigenvalue weighted by Crippen LogP contribution is 2.52. The number of carbonyl (C=O) groups excluding carboxylic acids is 1. The summed E-state index contributed by atoms with van der Waals surface area (Å²) in [6.45, 7) is 14.5. The first-order chi connectivity index (χ1) is 17.9. The van der Waals surface area contributed by atoms with Crippen molar-refractivity contribution >= 4 is 17.3 Å². The first kappa shape index (κ1) is 34.0. The van der Waals surface area contributed by atoms with Crippen LogP contribution in [-0.2, 0) is 16.6 Å². The van der Waals surface area contributed by atoms with Crippen molar-refractivity contribution in [2.45, 2.75) is 80.4 Å². The lowest BCUT2D eigenvalue weighted by Gasteiger charge is -2.34. The smallest absolute Gasteiger partial charge is 0.308 e. The predicted molar refractivity (Wildman–Crippen MR) is 165 cm³/mol. The summed E-state index contributed by atoms with van der Waals surface area (Å²) in [5, 5.41) is 9.01. The molecule has 39 heavy (non-hydrogen) atoms. The third kappa shape index (κ3) is 8.74. The quantitative estimate of drug-likeness (QED) is 0.201. The molecule has 2 aromatic carbocycles. The number of para-hydroxylation sites is 2. The van der Waals surface area contributed by atoms with Crippen molar-refractivity contribution in [3.05, 3.63) is 78.6 Å². The Balaban J connectivity index is 0.000000305. The Hall–Kier alpha value is -3.02. The van der Waals surface area contributed by atoms with Gasteiger partial charge in [-0.2, -0.15) is 0 Å². The molecule has 0 radical (unpaired) electrons. The molecule has 0 saturated heterocycles. The number of benzene rings is 2. The molecule has 0 aliphatic carbocycles. The Bertz CT molecular complexity index is 1110. The molecule has 5 heteroatoms. The molecule has 3 aromatic rings. The average Bonchev–Trinajstić information content (AvgIpc) is 3.18. The van der Waals surface area contributed by atoms with E-state index in [-0.39, 0.29) is 25.9 Å². The van der Waals surface area contributed by atoms with Gasteiger partial charge in [-0.05, 0) is 43.9 Å². The number of carbonyl (C=O) groups is 1. The summed E-state index contributed by atoms with van der Waals surface area (Å²) >= 11 is 0. The molecule has 1 aromatic heterocycles. The summed E-state index contributed by atoms with van der Waals surface area (Å²) in [6, 6.07) is 22.4. The van der Waals surface area contributed by atoms with Crippen molar-refractivity contribution in [2.75, 3.05) is 13.7 Å².